The van der Waals surface area contributed by atoms with Crippen molar-refractivity contribution in [1.82, 2.24) is 9.80 Å². The maximum absolute atomic E-state index is 12.6. The maximum atomic E-state index is 12.6. The van der Waals surface area contributed by atoms with E-state index in [2.05, 4.69) is 17.1 Å². The number of carbonyl (C=O) groups is 1. The lowest BCUT2D eigenvalue weighted by Gasteiger charge is -2.37. The second-order valence-electron chi connectivity index (χ2n) is 7.44. The fourth-order valence-corrected chi connectivity index (χ4v) is 4.48. The van der Waals surface area contributed by atoms with Crippen molar-refractivity contribution >= 4 is 11.6 Å². The number of nitro benzene ring substituents is 1. The van der Waals surface area contributed by atoms with Gasteiger partial charge in [0, 0.05) is 50.4 Å². The molecule has 6 heteroatoms. The summed E-state index contributed by atoms with van der Waals surface area (Å²) in [6.07, 6.45) is 7.43. The first-order valence-corrected chi connectivity index (χ1v) is 9.04. The van der Waals surface area contributed by atoms with E-state index in [0.717, 1.165) is 50.5 Å². The number of rotatable bonds is 4. The summed E-state index contributed by atoms with van der Waals surface area (Å²) >= 11 is 0. The Morgan fingerprint density at radius 3 is 2.36 bits per heavy atom. The molecule has 2 aliphatic carbocycles. The summed E-state index contributed by atoms with van der Waals surface area (Å²) in [5, 5.41) is 10.7. The Labute approximate surface area is 147 Å². The lowest BCUT2D eigenvalue weighted by atomic mass is 9.93. The number of carbonyl (C=O) groups excluding carboxylic acids is 1. The topological polar surface area (TPSA) is 66.7 Å². The molecule has 1 saturated carbocycles. The lowest BCUT2D eigenvalue weighted by molar-refractivity contribution is -0.384. The number of piperazine rings is 1. The van der Waals surface area contributed by atoms with Crippen molar-refractivity contribution in [3.63, 3.8) is 0 Å². The van der Waals surface area contributed by atoms with Crippen molar-refractivity contribution < 1.29 is 9.72 Å². The molecule has 1 aromatic rings. The van der Waals surface area contributed by atoms with Gasteiger partial charge in [0.1, 0.15) is 0 Å². The van der Waals surface area contributed by atoms with Crippen LogP contribution < -0.4 is 0 Å². The van der Waals surface area contributed by atoms with Gasteiger partial charge in [-0.15, -0.1) is 0 Å². The van der Waals surface area contributed by atoms with Crippen molar-refractivity contribution in [1.29, 1.82) is 0 Å². The number of fused-ring (bicyclic) bond motifs is 2. The molecule has 1 aromatic carbocycles. The Morgan fingerprint density at radius 1 is 1.08 bits per heavy atom. The van der Waals surface area contributed by atoms with E-state index < -0.39 is 4.92 Å². The first kappa shape index (κ1) is 16.3. The van der Waals surface area contributed by atoms with Crippen LogP contribution in [0.2, 0.25) is 0 Å². The number of hydrogen-bond donors (Lipinski definition) is 0. The normalized spacial score (nSPS) is 28.5. The third-order valence-corrected chi connectivity index (χ3v) is 5.89. The molecular weight excluding hydrogens is 318 g/mol. The Morgan fingerprint density at radius 2 is 1.80 bits per heavy atom. The predicted octanol–water partition coefficient (Wildman–Crippen LogP) is 2.56. The van der Waals surface area contributed by atoms with Crippen LogP contribution in [0.5, 0.6) is 0 Å². The van der Waals surface area contributed by atoms with Crippen molar-refractivity contribution in [3.05, 3.63) is 52.1 Å². The number of nitro groups is 1. The Balaban J connectivity index is 1.30. The summed E-state index contributed by atoms with van der Waals surface area (Å²) in [7, 11) is 0. The van der Waals surface area contributed by atoms with Crippen LogP contribution in [0.3, 0.4) is 0 Å². The number of nitrogens with zero attached hydrogens (tertiary/aromatic N) is 3. The van der Waals surface area contributed by atoms with E-state index in [4.69, 9.17) is 0 Å². The summed E-state index contributed by atoms with van der Waals surface area (Å²) in [5.74, 6) is 2.33. The molecule has 132 valence electrons. The second-order valence-corrected chi connectivity index (χ2v) is 7.44. The van der Waals surface area contributed by atoms with Gasteiger partial charge in [0.25, 0.3) is 11.6 Å². The van der Waals surface area contributed by atoms with Crippen LogP contribution in [-0.2, 0) is 0 Å². The number of hydrogen-bond acceptors (Lipinski definition) is 4. The van der Waals surface area contributed by atoms with E-state index in [1.54, 1.807) is 12.1 Å². The Bertz CT molecular complexity index is 692. The van der Waals surface area contributed by atoms with Gasteiger partial charge in [-0.05, 0) is 42.7 Å². The molecule has 4 rings (SSSR count). The summed E-state index contributed by atoms with van der Waals surface area (Å²) in [6, 6.07) is 5.89. The number of amides is 1. The van der Waals surface area contributed by atoms with Gasteiger partial charge in [0.2, 0.25) is 0 Å². The van der Waals surface area contributed by atoms with Gasteiger partial charge in [-0.1, -0.05) is 12.2 Å². The second kappa shape index (κ2) is 6.59. The highest BCUT2D eigenvalue weighted by atomic mass is 16.6. The molecule has 1 heterocycles. The number of benzene rings is 1. The molecule has 0 radical (unpaired) electrons. The molecule has 3 aliphatic rings. The number of non-ortho nitro benzene ring substituents is 1. The zero-order valence-electron chi connectivity index (χ0n) is 14.2. The molecule has 0 aromatic heterocycles. The number of allylic oxidation sites excluding steroid dienone is 2. The Hall–Kier alpha value is -2.21. The Kier molecular flexibility index (Phi) is 4.29. The van der Waals surface area contributed by atoms with Crippen LogP contribution in [0.25, 0.3) is 0 Å². The van der Waals surface area contributed by atoms with Gasteiger partial charge in [-0.2, -0.15) is 0 Å². The molecule has 1 amide bonds. The molecule has 0 spiro atoms. The van der Waals surface area contributed by atoms with Gasteiger partial charge in [0.15, 0.2) is 0 Å². The predicted molar refractivity (Wildman–Crippen MR) is 94.3 cm³/mol. The zero-order valence-corrected chi connectivity index (χ0v) is 14.2. The fourth-order valence-electron chi connectivity index (χ4n) is 4.48. The molecule has 1 aliphatic heterocycles. The van der Waals surface area contributed by atoms with E-state index >= 15 is 0 Å². The van der Waals surface area contributed by atoms with E-state index in [1.165, 1.54) is 25.0 Å². The van der Waals surface area contributed by atoms with E-state index in [9.17, 15) is 14.9 Å². The molecule has 2 bridgehead atoms. The first-order valence-electron chi connectivity index (χ1n) is 9.04. The average Bonchev–Trinajstić information content (AvgIpc) is 3.25. The zero-order chi connectivity index (χ0) is 17.4. The summed E-state index contributed by atoms with van der Waals surface area (Å²) in [4.78, 5) is 27.2. The molecule has 3 atom stereocenters. The smallest absolute Gasteiger partial charge is 0.269 e. The SMILES string of the molecule is O=C(c1ccc([N+](=O)[O-])cc1)N1CCN(C[C@H]2C[C@H]3C=C[C@@H]2C3)CC1. The highest BCUT2D eigenvalue weighted by molar-refractivity contribution is 5.94. The van der Waals surface area contributed by atoms with Crippen molar-refractivity contribution in [3.8, 4) is 0 Å². The van der Waals surface area contributed by atoms with Gasteiger partial charge in [0.05, 0.1) is 4.92 Å². The molecular formula is C19H23N3O3. The average molecular weight is 341 g/mol. The molecule has 6 nitrogen and oxygen atoms in total. The monoisotopic (exact) mass is 341 g/mol. The largest absolute Gasteiger partial charge is 0.336 e. The van der Waals surface area contributed by atoms with E-state index in [1.807, 2.05) is 4.90 Å². The van der Waals surface area contributed by atoms with Crippen molar-refractivity contribution in [2.75, 3.05) is 32.7 Å². The summed E-state index contributed by atoms with van der Waals surface area (Å²) in [6.45, 7) is 4.43. The van der Waals surface area contributed by atoms with E-state index in [-0.39, 0.29) is 11.6 Å². The third-order valence-electron chi connectivity index (χ3n) is 5.89. The van der Waals surface area contributed by atoms with Crippen LogP contribution in [0.4, 0.5) is 5.69 Å². The molecule has 25 heavy (non-hydrogen) atoms. The third kappa shape index (κ3) is 3.31. The summed E-state index contributed by atoms with van der Waals surface area (Å²) < 4.78 is 0. The molecule has 0 N–H and O–H groups in total. The summed E-state index contributed by atoms with van der Waals surface area (Å²) in [5.41, 5.74) is 0.540. The lowest BCUT2D eigenvalue weighted by Crippen LogP contribution is -2.50. The van der Waals surface area contributed by atoms with E-state index in [0.29, 0.717) is 5.56 Å². The minimum atomic E-state index is -0.447. The van der Waals surface area contributed by atoms with Crippen LogP contribution in [0, 0.1) is 27.9 Å². The minimum Gasteiger partial charge on any atom is -0.336 e. The van der Waals surface area contributed by atoms with Crippen LogP contribution in [0.1, 0.15) is 23.2 Å². The van der Waals surface area contributed by atoms with Gasteiger partial charge < -0.3 is 4.90 Å². The van der Waals surface area contributed by atoms with Gasteiger partial charge >= 0.3 is 0 Å². The van der Waals surface area contributed by atoms with Gasteiger partial charge in [-0.3, -0.25) is 19.8 Å². The quantitative estimate of drug-likeness (QED) is 0.480. The molecule has 1 saturated heterocycles. The highest BCUT2D eigenvalue weighted by Gasteiger charge is 2.36. The molecule has 2 fully saturated rings. The van der Waals surface area contributed by atoms with Crippen LogP contribution >= 0.6 is 0 Å². The van der Waals surface area contributed by atoms with Crippen molar-refractivity contribution in [2.45, 2.75) is 12.8 Å². The minimum absolute atomic E-state index is 0.0151. The van der Waals surface area contributed by atoms with Crippen LogP contribution in [-0.4, -0.2) is 53.4 Å². The van der Waals surface area contributed by atoms with Crippen molar-refractivity contribution in [2.24, 2.45) is 17.8 Å². The maximum Gasteiger partial charge on any atom is 0.269 e. The standard InChI is InChI=1S/C19H23N3O3/c23-19(15-3-5-18(6-4-15)22(24)25)21-9-7-20(8-10-21)13-17-12-14-1-2-16(17)11-14/h1-6,14,16-17H,7-13H2/t14-,16+,17+/m0/s1. The first-order chi connectivity index (χ1) is 12.1. The fraction of sp³-hybridized carbons (Fsp3) is 0.526. The van der Waals surface area contributed by atoms with Crippen LogP contribution in [0.15, 0.2) is 36.4 Å². The van der Waals surface area contributed by atoms with Gasteiger partial charge in [-0.25, -0.2) is 0 Å². The molecule has 0 unspecified atom stereocenters. The highest BCUT2D eigenvalue weighted by Crippen LogP contribution is 2.43.